The van der Waals surface area contributed by atoms with Gasteiger partial charge in [-0.1, -0.05) is 13.3 Å². The van der Waals surface area contributed by atoms with E-state index in [1.165, 1.54) is 0 Å². The van der Waals surface area contributed by atoms with Crippen molar-refractivity contribution < 1.29 is 14.7 Å². The van der Waals surface area contributed by atoms with E-state index in [1.54, 1.807) is 6.20 Å². The molecule has 5 heteroatoms. The molecule has 2 aliphatic carbocycles. The molecule has 1 aromatic heterocycles. The van der Waals surface area contributed by atoms with Gasteiger partial charge in [0.15, 0.2) is 0 Å². The quantitative estimate of drug-likeness (QED) is 0.777. The summed E-state index contributed by atoms with van der Waals surface area (Å²) in [6.07, 6.45) is 6.08. The minimum absolute atomic E-state index is 0.0260. The van der Waals surface area contributed by atoms with Gasteiger partial charge in [-0.15, -0.1) is 0 Å². The highest BCUT2D eigenvalue weighted by molar-refractivity contribution is 5.95. The van der Waals surface area contributed by atoms with Gasteiger partial charge in [-0.3, -0.25) is 9.59 Å². The Kier molecular flexibility index (Phi) is 3.74. The van der Waals surface area contributed by atoms with Gasteiger partial charge in [0.2, 0.25) is 0 Å². The lowest BCUT2D eigenvalue weighted by atomic mass is 9.71. The molecule has 3 N–H and O–H groups in total. The van der Waals surface area contributed by atoms with Gasteiger partial charge < -0.3 is 15.4 Å². The fourth-order valence-corrected chi connectivity index (χ4v) is 3.91. The third-order valence-electron chi connectivity index (χ3n) is 5.07. The van der Waals surface area contributed by atoms with Crippen LogP contribution in [0.5, 0.6) is 0 Å². The zero-order chi connectivity index (χ0) is 15.0. The summed E-state index contributed by atoms with van der Waals surface area (Å²) in [7, 11) is 0. The van der Waals surface area contributed by atoms with Gasteiger partial charge in [-0.25, -0.2) is 0 Å². The van der Waals surface area contributed by atoms with Crippen LogP contribution in [0.2, 0.25) is 0 Å². The molecule has 114 valence electrons. The van der Waals surface area contributed by atoms with Crippen LogP contribution in [0.15, 0.2) is 12.3 Å². The van der Waals surface area contributed by atoms with Crippen molar-refractivity contribution in [1.29, 1.82) is 0 Å². The Hall–Kier alpha value is -1.78. The molecule has 0 bridgehead atoms. The highest BCUT2D eigenvalue weighted by Crippen LogP contribution is 2.49. The summed E-state index contributed by atoms with van der Waals surface area (Å²) in [6.45, 7) is 2.09. The van der Waals surface area contributed by atoms with E-state index in [4.69, 9.17) is 5.11 Å². The van der Waals surface area contributed by atoms with Gasteiger partial charge in [0.05, 0.1) is 11.5 Å². The van der Waals surface area contributed by atoms with Crippen LogP contribution in [0, 0.1) is 17.8 Å². The number of nitrogens with one attached hydrogen (secondary N) is 2. The summed E-state index contributed by atoms with van der Waals surface area (Å²) >= 11 is 0. The van der Waals surface area contributed by atoms with Crippen molar-refractivity contribution in [2.24, 2.45) is 17.8 Å². The topological polar surface area (TPSA) is 82.2 Å². The molecule has 3 rings (SSSR count). The number of carboxylic acids is 1. The van der Waals surface area contributed by atoms with Crippen molar-refractivity contribution in [3.8, 4) is 0 Å². The number of fused-ring (bicyclic) bond motifs is 1. The van der Waals surface area contributed by atoms with E-state index in [2.05, 4.69) is 17.2 Å². The Morgan fingerprint density at radius 1 is 1.38 bits per heavy atom. The maximum Gasteiger partial charge on any atom is 0.306 e. The highest BCUT2D eigenvalue weighted by atomic mass is 16.4. The second-order valence-electron chi connectivity index (χ2n) is 6.37. The van der Waals surface area contributed by atoms with Crippen molar-refractivity contribution in [3.63, 3.8) is 0 Å². The van der Waals surface area contributed by atoms with Gasteiger partial charge >= 0.3 is 5.97 Å². The molecule has 0 aliphatic heterocycles. The lowest BCUT2D eigenvalue weighted by molar-refractivity contribution is -0.141. The van der Waals surface area contributed by atoms with Crippen LogP contribution >= 0.6 is 0 Å². The van der Waals surface area contributed by atoms with Crippen LogP contribution < -0.4 is 5.32 Å². The van der Waals surface area contributed by atoms with E-state index in [1.807, 2.05) is 6.07 Å². The van der Waals surface area contributed by atoms with Gasteiger partial charge in [0, 0.05) is 17.9 Å². The molecule has 4 atom stereocenters. The number of carbonyl (C=O) groups is 2. The van der Waals surface area contributed by atoms with Crippen LogP contribution in [0.4, 0.5) is 0 Å². The van der Waals surface area contributed by atoms with E-state index in [0.29, 0.717) is 18.3 Å². The molecule has 2 saturated carbocycles. The van der Waals surface area contributed by atoms with Crippen LogP contribution in [0.1, 0.15) is 48.7 Å². The van der Waals surface area contributed by atoms with Crippen molar-refractivity contribution in [3.05, 3.63) is 23.5 Å². The van der Waals surface area contributed by atoms with Gasteiger partial charge in [0.25, 0.3) is 5.91 Å². The molecule has 1 heterocycles. The maximum atomic E-state index is 12.4. The summed E-state index contributed by atoms with van der Waals surface area (Å²) in [5.41, 5.74) is 1.72. The van der Waals surface area contributed by atoms with Gasteiger partial charge in [-0.2, -0.15) is 0 Å². The van der Waals surface area contributed by atoms with Crippen molar-refractivity contribution in [2.75, 3.05) is 0 Å². The lowest BCUT2D eigenvalue weighted by Crippen LogP contribution is -2.50. The van der Waals surface area contributed by atoms with Crippen molar-refractivity contribution in [2.45, 2.75) is 45.1 Å². The first-order valence-corrected chi connectivity index (χ1v) is 7.80. The fourth-order valence-electron chi connectivity index (χ4n) is 3.91. The molecule has 2 fully saturated rings. The molecule has 2 aliphatic rings. The molecule has 0 aromatic carbocycles. The Labute approximate surface area is 124 Å². The number of aromatic amines is 1. The Bertz CT molecular complexity index is 551. The number of carbonyl (C=O) groups excluding carboxylic acids is 1. The number of hydrogen-bond donors (Lipinski definition) is 3. The summed E-state index contributed by atoms with van der Waals surface area (Å²) in [5, 5.41) is 12.2. The molecule has 0 radical (unpaired) electrons. The SMILES string of the molecule is CCCc1[nH]ccc1C(=O)N[C@@H]1C[C@@H]2CC(C(=O)O)C[C@@H]21. The minimum atomic E-state index is -0.689. The van der Waals surface area contributed by atoms with Crippen LogP contribution in [-0.2, 0) is 11.2 Å². The third kappa shape index (κ3) is 2.57. The number of aryl methyl sites for hydroxylation is 1. The normalized spacial score (nSPS) is 30.5. The number of rotatable bonds is 5. The maximum absolute atomic E-state index is 12.4. The zero-order valence-corrected chi connectivity index (χ0v) is 12.3. The van der Waals surface area contributed by atoms with Crippen molar-refractivity contribution >= 4 is 11.9 Å². The molecule has 0 spiro atoms. The third-order valence-corrected chi connectivity index (χ3v) is 5.07. The number of amides is 1. The number of carboxylic acid groups (broad SMARTS) is 1. The number of aliphatic carboxylic acids is 1. The predicted octanol–water partition coefficient (Wildman–Crippen LogP) is 2.20. The summed E-state index contributed by atoms with van der Waals surface area (Å²) < 4.78 is 0. The molecule has 1 amide bonds. The average molecular weight is 290 g/mol. The second kappa shape index (κ2) is 5.54. The zero-order valence-electron chi connectivity index (χ0n) is 12.3. The standard InChI is InChI=1S/C16H22N2O3/c1-2-3-13-11(4-5-17-13)15(19)18-14-8-9-6-10(16(20)21)7-12(9)14/h4-5,9-10,12,14,17H,2-3,6-8H2,1H3,(H,18,19)(H,20,21)/t9-,10?,12-,14+/m0/s1. The van der Waals surface area contributed by atoms with Gasteiger partial charge in [-0.05, 0) is 43.6 Å². The second-order valence-corrected chi connectivity index (χ2v) is 6.37. The molecule has 1 aromatic rings. The minimum Gasteiger partial charge on any atom is -0.481 e. The molecule has 5 nitrogen and oxygen atoms in total. The van der Waals surface area contributed by atoms with E-state index >= 15 is 0 Å². The Morgan fingerprint density at radius 3 is 2.90 bits per heavy atom. The Morgan fingerprint density at radius 2 is 2.19 bits per heavy atom. The monoisotopic (exact) mass is 290 g/mol. The lowest BCUT2D eigenvalue weighted by Gasteiger charge is -2.40. The first-order valence-electron chi connectivity index (χ1n) is 7.80. The molecular weight excluding hydrogens is 268 g/mol. The Balaban J connectivity index is 1.59. The summed E-state index contributed by atoms with van der Waals surface area (Å²) in [5.74, 6) is -0.0987. The summed E-state index contributed by atoms with van der Waals surface area (Å²) in [6, 6.07) is 1.97. The van der Waals surface area contributed by atoms with E-state index in [9.17, 15) is 9.59 Å². The highest BCUT2D eigenvalue weighted by Gasteiger charge is 2.50. The van der Waals surface area contributed by atoms with Crippen LogP contribution in [0.25, 0.3) is 0 Å². The predicted molar refractivity (Wildman–Crippen MR) is 78.0 cm³/mol. The fraction of sp³-hybridized carbons (Fsp3) is 0.625. The average Bonchev–Trinajstić information content (AvgIpc) is 3.01. The van der Waals surface area contributed by atoms with Crippen LogP contribution in [0.3, 0.4) is 0 Å². The first kappa shape index (κ1) is 14.2. The first-order chi connectivity index (χ1) is 10.1. The molecular formula is C16H22N2O3. The summed E-state index contributed by atoms with van der Waals surface area (Å²) in [4.78, 5) is 26.5. The number of H-pyrrole nitrogens is 1. The molecule has 1 unspecified atom stereocenters. The smallest absolute Gasteiger partial charge is 0.306 e. The molecule has 0 saturated heterocycles. The number of aromatic nitrogens is 1. The largest absolute Gasteiger partial charge is 0.481 e. The van der Waals surface area contributed by atoms with E-state index < -0.39 is 5.97 Å². The van der Waals surface area contributed by atoms with Crippen molar-refractivity contribution in [1.82, 2.24) is 10.3 Å². The van der Waals surface area contributed by atoms with E-state index in [-0.39, 0.29) is 17.9 Å². The van der Waals surface area contributed by atoms with E-state index in [0.717, 1.165) is 36.9 Å². The van der Waals surface area contributed by atoms with Gasteiger partial charge in [0.1, 0.15) is 0 Å². The molecule has 21 heavy (non-hydrogen) atoms. The number of hydrogen-bond acceptors (Lipinski definition) is 2. The van der Waals surface area contributed by atoms with Crippen LogP contribution in [-0.4, -0.2) is 28.0 Å².